The molecule has 1 aromatic carbocycles. The molecule has 5 heteroatoms. The van der Waals surface area contributed by atoms with Gasteiger partial charge in [0.05, 0.1) is 11.3 Å². The number of anilines is 3. The molecule has 2 aliphatic rings. The normalized spacial score (nSPS) is 17.7. The zero-order valence-corrected chi connectivity index (χ0v) is 15.8. The molecule has 5 nitrogen and oxygen atoms in total. The first kappa shape index (κ1) is 17.8. The van der Waals surface area contributed by atoms with E-state index in [1.807, 2.05) is 18.2 Å². The van der Waals surface area contributed by atoms with Crippen LogP contribution in [0.2, 0.25) is 0 Å². The molecule has 2 heterocycles. The van der Waals surface area contributed by atoms with E-state index in [0.717, 1.165) is 24.5 Å². The molecule has 27 heavy (non-hydrogen) atoms. The molecular formula is C22H28N4O. The molecular weight excluding hydrogens is 336 g/mol. The monoisotopic (exact) mass is 364 g/mol. The van der Waals surface area contributed by atoms with Gasteiger partial charge in [-0.2, -0.15) is 0 Å². The van der Waals surface area contributed by atoms with Crippen molar-refractivity contribution in [2.24, 2.45) is 0 Å². The number of amides is 1. The first-order valence-corrected chi connectivity index (χ1v) is 10.2. The van der Waals surface area contributed by atoms with Crippen LogP contribution in [-0.4, -0.2) is 30.0 Å². The number of hydrogen-bond acceptors (Lipinski definition) is 4. The predicted octanol–water partition coefficient (Wildman–Crippen LogP) is 4.68. The van der Waals surface area contributed by atoms with Gasteiger partial charge in [-0.05, 0) is 62.4 Å². The van der Waals surface area contributed by atoms with Crippen molar-refractivity contribution in [3.8, 4) is 0 Å². The minimum Gasteiger partial charge on any atom is -0.381 e. The van der Waals surface area contributed by atoms with Crippen LogP contribution in [0.5, 0.6) is 0 Å². The maximum atomic E-state index is 12.6. The van der Waals surface area contributed by atoms with Crippen molar-refractivity contribution in [3.63, 3.8) is 0 Å². The third kappa shape index (κ3) is 4.59. The van der Waals surface area contributed by atoms with Gasteiger partial charge in [-0.3, -0.25) is 9.78 Å². The smallest absolute Gasteiger partial charge is 0.257 e. The Morgan fingerprint density at radius 3 is 2.41 bits per heavy atom. The van der Waals surface area contributed by atoms with Gasteiger partial charge < -0.3 is 15.5 Å². The molecule has 142 valence electrons. The van der Waals surface area contributed by atoms with Crippen molar-refractivity contribution >= 4 is 23.0 Å². The Morgan fingerprint density at radius 1 is 0.926 bits per heavy atom. The lowest BCUT2D eigenvalue weighted by Crippen LogP contribution is -2.29. The second kappa shape index (κ2) is 8.42. The zero-order valence-electron chi connectivity index (χ0n) is 15.8. The highest BCUT2D eigenvalue weighted by atomic mass is 16.1. The molecule has 2 N–H and O–H groups in total. The van der Waals surface area contributed by atoms with E-state index in [1.165, 1.54) is 50.6 Å². The van der Waals surface area contributed by atoms with Crippen LogP contribution in [-0.2, 0) is 0 Å². The molecule has 0 bridgehead atoms. The third-order valence-corrected chi connectivity index (χ3v) is 5.57. The first-order valence-electron chi connectivity index (χ1n) is 10.2. The van der Waals surface area contributed by atoms with Crippen LogP contribution in [0.1, 0.15) is 55.3 Å². The summed E-state index contributed by atoms with van der Waals surface area (Å²) in [7, 11) is 0. The summed E-state index contributed by atoms with van der Waals surface area (Å²) in [5.41, 5.74) is 3.56. The maximum absolute atomic E-state index is 12.6. The number of aromatic nitrogens is 1. The molecule has 2 aromatic rings. The molecule has 0 spiro atoms. The Kier molecular flexibility index (Phi) is 5.56. The van der Waals surface area contributed by atoms with E-state index in [0.29, 0.717) is 11.6 Å². The van der Waals surface area contributed by atoms with Crippen LogP contribution in [0.4, 0.5) is 17.1 Å². The summed E-state index contributed by atoms with van der Waals surface area (Å²) in [4.78, 5) is 19.2. The average Bonchev–Trinajstić information content (AvgIpc) is 3.22. The summed E-state index contributed by atoms with van der Waals surface area (Å²) in [5, 5.41) is 6.48. The van der Waals surface area contributed by atoms with Gasteiger partial charge in [0.1, 0.15) is 0 Å². The molecule has 1 aromatic heterocycles. The first-order chi connectivity index (χ1) is 13.3. The SMILES string of the molecule is O=C(Nc1ccc(N2CCCCC2)cc1)c1cncc(NC2CCCC2)c1. The molecule has 0 radical (unpaired) electrons. The van der Waals surface area contributed by atoms with E-state index in [4.69, 9.17) is 0 Å². The number of carbonyl (C=O) groups excluding carboxylic acids is 1. The van der Waals surface area contributed by atoms with E-state index < -0.39 is 0 Å². The van der Waals surface area contributed by atoms with Gasteiger partial charge in [0.15, 0.2) is 0 Å². The molecule has 1 aliphatic heterocycles. The lowest BCUT2D eigenvalue weighted by Gasteiger charge is -2.28. The van der Waals surface area contributed by atoms with Crippen LogP contribution >= 0.6 is 0 Å². The highest BCUT2D eigenvalue weighted by Crippen LogP contribution is 2.24. The number of benzene rings is 1. The van der Waals surface area contributed by atoms with Crippen LogP contribution < -0.4 is 15.5 Å². The molecule has 1 aliphatic carbocycles. The van der Waals surface area contributed by atoms with E-state index in [2.05, 4.69) is 32.7 Å². The lowest BCUT2D eigenvalue weighted by atomic mass is 10.1. The van der Waals surface area contributed by atoms with Gasteiger partial charge in [-0.1, -0.05) is 12.8 Å². The van der Waals surface area contributed by atoms with Crippen molar-refractivity contribution in [1.29, 1.82) is 0 Å². The van der Waals surface area contributed by atoms with E-state index >= 15 is 0 Å². The predicted molar refractivity (Wildman–Crippen MR) is 111 cm³/mol. The second-order valence-corrected chi connectivity index (χ2v) is 7.64. The average molecular weight is 364 g/mol. The Hall–Kier alpha value is -2.56. The van der Waals surface area contributed by atoms with Gasteiger partial charge in [0, 0.05) is 42.9 Å². The number of carbonyl (C=O) groups is 1. The lowest BCUT2D eigenvalue weighted by molar-refractivity contribution is 0.102. The molecule has 1 saturated heterocycles. The number of nitrogens with zero attached hydrogens (tertiary/aromatic N) is 2. The van der Waals surface area contributed by atoms with Gasteiger partial charge in [0.2, 0.25) is 0 Å². The standard InChI is InChI=1S/C22H28N4O/c27-22(17-14-20(16-23-15-17)24-18-6-2-3-7-18)25-19-8-10-21(11-9-19)26-12-4-1-5-13-26/h8-11,14-16,18,24H,1-7,12-13H2,(H,25,27). The molecule has 0 unspecified atom stereocenters. The minimum atomic E-state index is -0.122. The fourth-order valence-corrected chi connectivity index (χ4v) is 4.06. The largest absolute Gasteiger partial charge is 0.381 e. The minimum absolute atomic E-state index is 0.122. The molecule has 4 rings (SSSR count). The van der Waals surface area contributed by atoms with Crippen molar-refractivity contribution in [2.45, 2.75) is 51.0 Å². The quantitative estimate of drug-likeness (QED) is 0.809. The summed E-state index contributed by atoms with van der Waals surface area (Å²) in [6, 6.07) is 10.6. The molecule has 1 saturated carbocycles. The number of pyridine rings is 1. The number of rotatable bonds is 5. The number of piperidine rings is 1. The summed E-state index contributed by atoms with van der Waals surface area (Å²) >= 11 is 0. The molecule has 2 fully saturated rings. The van der Waals surface area contributed by atoms with Crippen molar-refractivity contribution in [1.82, 2.24) is 4.98 Å². The summed E-state index contributed by atoms with van der Waals surface area (Å²) in [6.07, 6.45) is 12.2. The second-order valence-electron chi connectivity index (χ2n) is 7.64. The van der Waals surface area contributed by atoms with Crippen molar-refractivity contribution in [2.75, 3.05) is 28.6 Å². The number of hydrogen-bond donors (Lipinski definition) is 2. The molecule has 0 atom stereocenters. The van der Waals surface area contributed by atoms with Crippen LogP contribution in [0.3, 0.4) is 0 Å². The summed E-state index contributed by atoms with van der Waals surface area (Å²) in [6.45, 7) is 2.25. The zero-order chi connectivity index (χ0) is 18.5. The fraction of sp³-hybridized carbons (Fsp3) is 0.455. The fourth-order valence-electron chi connectivity index (χ4n) is 4.06. The highest BCUT2D eigenvalue weighted by molar-refractivity contribution is 6.04. The topological polar surface area (TPSA) is 57.3 Å². The van der Waals surface area contributed by atoms with E-state index in [1.54, 1.807) is 12.4 Å². The van der Waals surface area contributed by atoms with Crippen molar-refractivity contribution in [3.05, 3.63) is 48.3 Å². The number of nitrogens with one attached hydrogen (secondary N) is 2. The van der Waals surface area contributed by atoms with Gasteiger partial charge in [0.25, 0.3) is 5.91 Å². The summed E-state index contributed by atoms with van der Waals surface area (Å²) < 4.78 is 0. The van der Waals surface area contributed by atoms with Gasteiger partial charge >= 0.3 is 0 Å². The van der Waals surface area contributed by atoms with Crippen LogP contribution in [0.25, 0.3) is 0 Å². The maximum Gasteiger partial charge on any atom is 0.257 e. The summed E-state index contributed by atoms with van der Waals surface area (Å²) in [5.74, 6) is -0.122. The van der Waals surface area contributed by atoms with E-state index in [9.17, 15) is 4.79 Å². The Bertz CT molecular complexity index is 762. The molecule has 1 amide bonds. The van der Waals surface area contributed by atoms with Crippen molar-refractivity contribution < 1.29 is 4.79 Å². The van der Waals surface area contributed by atoms with Gasteiger partial charge in [-0.15, -0.1) is 0 Å². The van der Waals surface area contributed by atoms with Gasteiger partial charge in [-0.25, -0.2) is 0 Å². The van der Waals surface area contributed by atoms with Crippen LogP contribution in [0, 0.1) is 0 Å². The Labute approximate surface area is 161 Å². The highest BCUT2D eigenvalue weighted by Gasteiger charge is 2.16. The van der Waals surface area contributed by atoms with Crippen LogP contribution in [0.15, 0.2) is 42.7 Å². The third-order valence-electron chi connectivity index (χ3n) is 5.57. The Morgan fingerprint density at radius 2 is 1.67 bits per heavy atom. The van der Waals surface area contributed by atoms with E-state index in [-0.39, 0.29) is 5.91 Å². The Balaban J connectivity index is 1.38.